The Morgan fingerprint density at radius 1 is 1.33 bits per heavy atom. The molecule has 1 aromatic rings. The minimum atomic E-state index is -3.26. The molecule has 3 nitrogen and oxygen atoms in total. The predicted molar refractivity (Wildman–Crippen MR) is 61.4 cm³/mol. The number of nitrogens with one attached hydrogen (secondary N) is 1. The van der Waals surface area contributed by atoms with Gasteiger partial charge < -0.3 is 0 Å². The van der Waals surface area contributed by atoms with Gasteiger partial charge in [-0.25, -0.2) is 8.42 Å². The van der Waals surface area contributed by atoms with Crippen LogP contribution in [0.5, 0.6) is 0 Å². The van der Waals surface area contributed by atoms with Crippen molar-refractivity contribution in [2.45, 2.75) is 31.9 Å². The first-order valence-electron chi connectivity index (χ1n) is 5.04. The van der Waals surface area contributed by atoms with E-state index in [4.69, 9.17) is 0 Å². The maximum absolute atomic E-state index is 11.8. The lowest BCUT2D eigenvalue weighted by Gasteiger charge is -2.16. The van der Waals surface area contributed by atoms with Crippen LogP contribution in [0.1, 0.15) is 31.9 Å². The third-order valence-corrected chi connectivity index (χ3v) is 5.11. The summed E-state index contributed by atoms with van der Waals surface area (Å²) >= 11 is 0. The number of rotatable bonds is 1. The van der Waals surface area contributed by atoms with Crippen molar-refractivity contribution >= 4 is 15.7 Å². The van der Waals surface area contributed by atoms with Crippen molar-refractivity contribution in [3.8, 4) is 0 Å². The van der Waals surface area contributed by atoms with E-state index in [1.54, 1.807) is 13.8 Å². The summed E-state index contributed by atoms with van der Waals surface area (Å²) in [5.41, 5.74) is 2.76. The third-order valence-electron chi connectivity index (χ3n) is 3.06. The Morgan fingerprint density at radius 3 is 2.60 bits per heavy atom. The average Bonchev–Trinajstić information content (AvgIpc) is 2.34. The van der Waals surface area contributed by atoms with Crippen molar-refractivity contribution < 1.29 is 8.42 Å². The average molecular weight is 225 g/mol. The highest BCUT2D eigenvalue weighted by atomic mass is 32.2. The van der Waals surface area contributed by atoms with E-state index < -0.39 is 14.8 Å². The van der Waals surface area contributed by atoms with Gasteiger partial charge in [-0.2, -0.15) is 0 Å². The zero-order valence-corrected chi connectivity index (χ0v) is 9.98. The second-order valence-corrected chi connectivity index (χ2v) is 6.58. The molecular weight excluding hydrogens is 210 g/mol. The van der Waals surface area contributed by atoms with E-state index >= 15 is 0 Å². The lowest BCUT2D eigenvalue weighted by atomic mass is 9.97. The number of anilines is 1. The van der Waals surface area contributed by atoms with Crippen LogP contribution >= 0.6 is 0 Å². The lowest BCUT2D eigenvalue weighted by Crippen LogP contribution is -2.27. The summed E-state index contributed by atoms with van der Waals surface area (Å²) in [6.45, 7) is 5.53. The summed E-state index contributed by atoms with van der Waals surface area (Å²) in [5, 5.41) is 0. The lowest BCUT2D eigenvalue weighted by molar-refractivity contribution is 0.567. The van der Waals surface area contributed by atoms with Crippen LogP contribution in [0.2, 0.25) is 0 Å². The van der Waals surface area contributed by atoms with E-state index in [1.165, 1.54) is 5.56 Å². The normalized spacial score (nSPS) is 20.7. The molecule has 1 aromatic carbocycles. The Balaban J connectivity index is 2.66. The standard InChI is InChI=1S/C11H15NO2S/c1-4-8-5-6-10-9(7-8)11(2,3)15(13,14)12-10/h5-7,12H,4H2,1-3H3. The summed E-state index contributed by atoms with van der Waals surface area (Å²) in [6, 6.07) is 5.79. The van der Waals surface area contributed by atoms with Crippen molar-refractivity contribution in [3.05, 3.63) is 29.3 Å². The van der Waals surface area contributed by atoms with E-state index in [-0.39, 0.29) is 0 Å². The van der Waals surface area contributed by atoms with Gasteiger partial charge in [-0.1, -0.05) is 19.1 Å². The summed E-state index contributed by atoms with van der Waals surface area (Å²) in [6.07, 6.45) is 0.920. The van der Waals surface area contributed by atoms with Crippen LogP contribution in [0.15, 0.2) is 18.2 Å². The monoisotopic (exact) mass is 225 g/mol. The van der Waals surface area contributed by atoms with Crippen LogP contribution in [0, 0.1) is 0 Å². The molecule has 0 aliphatic carbocycles. The van der Waals surface area contributed by atoms with Crippen LogP contribution in [-0.4, -0.2) is 8.42 Å². The van der Waals surface area contributed by atoms with Crippen LogP contribution in [-0.2, 0) is 21.2 Å². The largest absolute Gasteiger partial charge is 0.282 e. The van der Waals surface area contributed by atoms with E-state index in [0.29, 0.717) is 0 Å². The van der Waals surface area contributed by atoms with Gasteiger partial charge in [0.15, 0.2) is 0 Å². The maximum Gasteiger partial charge on any atom is 0.242 e. The molecule has 0 saturated heterocycles. The summed E-state index contributed by atoms with van der Waals surface area (Å²) in [5.74, 6) is 0. The highest BCUT2D eigenvalue weighted by Crippen LogP contribution is 2.42. The molecule has 82 valence electrons. The van der Waals surface area contributed by atoms with Gasteiger partial charge in [0.1, 0.15) is 4.75 Å². The first kappa shape index (κ1) is 10.5. The molecule has 0 fully saturated rings. The molecule has 1 N–H and O–H groups in total. The van der Waals surface area contributed by atoms with E-state index in [9.17, 15) is 8.42 Å². The molecule has 1 aliphatic rings. The van der Waals surface area contributed by atoms with Crippen molar-refractivity contribution in [2.24, 2.45) is 0 Å². The summed E-state index contributed by atoms with van der Waals surface area (Å²) < 4.78 is 25.4. The molecule has 1 aliphatic heterocycles. The minimum Gasteiger partial charge on any atom is -0.282 e. The van der Waals surface area contributed by atoms with Crippen molar-refractivity contribution in [3.63, 3.8) is 0 Å². The van der Waals surface area contributed by atoms with Gasteiger partial charge in [0, 0.05) is 0 Å². The smallest absolute Gasteiger partial charge is 0.242 e. The highest BCUT2D eigenvalue weighted by Gasteiger charge is 2.43. The van der Waals surface area contributed by atoms with E-state index in [0.717, 1.165) is 17.7 Å². The first-order chi connectivity index (χ1) is 6.88. The number of sulfonamides is 1. The van der Waals surface area contributed by atoms with Crippen LogP contribution in [0.25, 0.3) is 0 Å². The van der Waals surface area contributed by atoms with Gasteiger partial charge in [-0.05, 0) is 37.5 Å². The molecule has 0 radical (unpaired) electrons. The van der Waals surface area contributed by atoms with E-state index in [2.05, 4.69) is 11.6 Å². The van der Waals surface area contributed by atoms with Gasteiger partial charge in [0.05, 0.1) is 5.69 Å². The minimum absolute atomic E-state index is 0.720. The second kappa shape index (κ2) is 2.98. The second-order valence-electron chi connectivity index (χ2n) is 4.35. The third kappa shape index (κ3) is 1.35. The zero-order chi connectivity index (χ0) is 11.3. The predicted octanol–water partition coefficient (Wildman–Crippen LogP) is 2.24. The van der Waals surface area contributed by atoms with Gasteiger partial charge in [0.25, 0.3) is 0 Å². The number of fused-ring (bicyclic) bond motifs is 1. The number of hydrogen-bond donors (Lipinski definition) is 1. The zero-order valence-electron chi connectivity index (χ0n) is 9.16. The highest BCUT2D eigenvalue weighted by molar-refractivity contribution is 7.94. The summed E-state index contributed by atoms with van der Waals surface area (Å²) in [4.78, 5) is 0. The number of hydrogen-bond acceptors (Lipinski definition) is 2. The van der Waals surface area contributed by atoms with Crippen molar-refractivity contribution in [1.29, 1.82) is 0 Å². The fourth-order valence-electron chi connectivity index (χ4n) is 1.82. The van der Waals surface area contributed by atoms with Gasteiger partial charge >= 0.3 is 0 Å². The number of benzene rings is 1. The first-order valence-corrected chi connectivity index (χ1v) is 6.52. The molecule has 4 heteroatoms. The SMILES string of the molecule is CCc1ccc2c(c1)C(C)(C)S(=O)(=O)N2. The Hall–Kier alpha value is -1.03. The van der Waals surface area contributed by atoms with E-state index in [1.807, 2.05) is 18.2 Å². The Labute approximate surface area is 90.6 Å². The van der Waals surface area contributed by atoms with Crippen molar-refractivity contribution in [2.75, 3.05) is 4.72 Å². The fraction of sp³-hybridized carbons (Fsp3) is 0.455. The van der Waals surface area contributed by atoms with Gasteiger partial charge in [0.2, 0.25) is 10.0 Å². The van der Waals surface area contributed by atoms with Crippen LogP contribution in [0.3, 0.4) is 0 Å². The molecule has 0 spiro atoms. The summed E-state index contributed by atoms with van der Waals surface area (Å²) in [7, 11) is -3.26. The molecule has 0 bridgehead atoms. The van der Waals surface area contributed by atoms with Gasteiger partial charge in [-0.15, -0.1) is 0 Å². The maximum atomic E-state index is 11.8. The molecule has 0 unspecified atom stereocenters. The number of aryl methyl sites for hydroxylation is 1. The Morgan fingerprint density at radius 2 is 2.00 bits per heavy atom. The fourth-order valence-corrected chi connectivity index (χ4v) is 3.00. The Kier molecular flexibility index (Phi) is 2.08. The topological polar surface area (TPSA) is 46.2 Å². The molecule has 0 atom stereocenters. The molecule has 1 heterocycles. The molecule has 2 rings (SSSR count). The molecule has 0 amide bonds. The molecule has 0 saturated carbocycles. The Bertz CT molecular complexity index is 503. The van der Waals surface area contributed by atoms with Crippen LogP contribution < -0.4 is 4.72 Å². The van der Waals surface area contributed by atoms with Crippen molar-refractivity contribution in [1.82, 2.24) is 0 Å². The van der Waals surface area contributed by atoms with Gasteiger partial charge in [-0.3, -0.25) is 4.72 Å². The van der Waals surface area contributed by atoms with Crippen LogP contribution in [0.4, 0.5) is 5.69 Å². The molecule has 15 heavy (non-hydrogen) atoms. The molecular formula is C11H15NO2S. The quantitative estimate of drug-likeness (QED) is 0.796. The molecule has 0 aromatic heterocycles.